The van der Waals surface area contributed by atoms with Crippen molar-refractivity contribution in [3.05, 3.63) is 12.2 Å². The molecule has 3 N–H and O–H groups in total. The highest BCUT2D eigenvalue weighted by molar-refractivity contribution is 5.76. The summed E-state index contributed by atoms with van der Waals surface area (Å²) in [5.41, 5.74) is 0. The van der Waals surface area contributed by atoms with Gasteiger partial charge in [0.05, 0.1) is 25.4 Å². The van der Waals surface area contributed by atoms with Gasteiger partial charge in [0.25, 0.3) is 0 Å². The Kier molecular flexibility index (Phi) is 69.9. The fourth-order valence-electron chi connectivity index (χ4n) is 12.1. The summed E-state index contributed by atoms with van der Waals surface area (Å²) in [6, 6.07) is -0.546. The zero-order chi connectivity index (χ0) is 58.5. The minimum absolute atomic E-state index is 0.0174. The minimum atomic E-state index is -0.668. The lowest BCUT2D eigenvalue weighted by Gasteiger charge is -2.22. The van der Waals surface area contributed by atoms with Crippen LogP contribution in [-0.4, -0.2) is 47.4 Å². The van der Waals surface area contributed by atoms with Crippen LogP contribution in [0.1, 0.15) is 431 Å². The standard InChI is InChI=1S/C75H147NO5/c1-3-5-7-9-11-13-15-17-19-21-22-23-24-27-30-33-36-39-43-47-51-55-59-63-67-73(78)72(71-77)76-74(79)68-64-60-56-52-48-44-40-37-34-31-28-25-26-29-32-35-38-42-46-50-54-58-62-66-70-81-75(80)69-65-61-57-53-49-45-41-20-18-16-14-12-10-8-6-4-2/h28,31,72-73,77-78H,3-27,29-30,32-71H2,1-2H3,(H,76,79)/b31-28-. The molecule has 6 heteroatoms. The van der Waals surface area contributed by atoms with E-state index in [-0.39, 0.29) is 18.5 Å². The van der Waals surface area contributed by atoms with E-state index in [2.05, 4.69) is 31.3 Å². The lowest BCUT2D eigenvalue weighted by Crippen LogP contribution is -2.45. The number of carbonyl (C=O) groups excluding carboxylic acids is 2. The van der Waals surface area contributed by atoms with Gasteiger partial charge >= 0.3 is 5.97 Å². The highest BCUT2D eigenvalue weighted by atomic mass is 16.5. The second-order valence-corrected chi connectivity index (χ2v) is 26.0. The number of hydrogen-bond donors (Lipinski definition) is 3. The molecule has 0 spiro atoms. The van der Waals surface area contributed by atoms with Crippen LogP contribution in [0.4, 0.5) is 0 Å². The Hall–Kier alpha value is -1.40. The SMILES string of the molecule is CCCCCCCCCCCCCCCCCCCCCCCCCCC(O)C(CO)NC(=O)CCCCCCCCCC/C=C\CCCCCCCCCCCCCCOC(=O)CCCCCCCCCCCCCCCCCC. The van der Waals surface area contributed by atoms with Crippen LogP contribution in [0.25, 0.3) is 0 Å². The molecule has 81 heavy (non-hydrogen) atoms. The molecule has 0 radical (unpaired) electrons. The molecule has 482 valence electrons. The fraction of sp³-hybridized carbons (Fsp3) is 0.947. The molecule has 2 unspecified atom stereocenters. The molecule has 2 atom stereocenters. The van der Waals surface area contributed by atoms with E-state index in [1.165, 1.54) is 360 Å². The predicted molar refractivity (Wildman–Crippen MR) is 357 cm³/mol. The third-order valence-corrected chi connectivity index (χ3v) is 17.8. The van der Waals surface area contributed by atoms with E-state index in [9.17, 15) is 19.8 Å². The average molecular weight is 1140 g/mol. The fourth-order valence-corrected chi connectivity index (χ4v) is 12.1. The van der Waals surface area contributed by atoms with E-state index < -0.39 is 12.1 Å². The van der Waals surface area contributed by atoms with Crippen molar-refractivity contribution in [1.82, 2.24) is 5.32 Å². The zero-order valence-corrected chi connectivity index (χ0v) is 55.3. The van der Waals surface area contributed by atoms with E-state index in [0.29, 0.717) is 25.9 Å². The number of ether oxygens (including phenoxy) is 1. The van der Waals surface area contributed by atoms with Crippen LogP contribution in [0.15, 0.2) is 12.2 Å². The van der Waals surface area contributed by atoms with Crippen molar-refractivity contribution in [2.45, 2.75) is 443 Å². The van der Waals surface area contributed by atoms with E-state index in [4.69, 9.17) is 4.74 Å². The van der Waals surface area contributed by atoms with Crippen LogP contribution >= 0.6 is 0 Å². The highest BCUT2D eigenvalue weighted by Crippen LogP contribution is 2.20. The molecule has 1 amide bonds. The Morgan fingerprint density at radius 3 is 0.877 bits per heavy atom. The van der Waals surface area contributed by atoms with Crippen LogP contribution in [0, 0.1) is 0 Å². The maximum atomic E-state index is 12.6. The summed E-state index contributed by atoms with van der Waals surface area (Å²) in [7, 11) is 0. The second kappa shape index (κ2) is 71.1. The van der Waals surface area contributed by atoms with Crippen molar-refractivity contribution in [3.8, 4) is 0 Å². The number of rotatable bonds is 71. The molecular formula is C75H147NO5. The number of hydrogen-bond acceptors (Lipinski definition) is 5. The van der Waals surface area contributed by atoms with E-state index >= 15 is 0 Å². The van der Waals surface area contributed by atoms with Crippen LogP contribution < -0.4 is 5.32 Å². The molecule has 6 nitrogen and oxygen atoms in total. The van der Waals surface area contributed by atoms with Gasteiger partial charge in [0, 0.05) is 12.8 Å². The summed E-state index contributed by atoms with van der Waals surface area (Å²) in [5.74, 6) is -0.0164. The summed E-state index contributed by atoms with van der Waals surface area (Å²) >= 11 is 0. The molecule has 0 bridgehead atoms. The first-order chi connectivity index (χ1) is 40.0. The van der Waals surface area contributed by atoms with E-state index in [1.807, 2.05) is 0 Å². The summed E-state index contributed by atoms with van der Waals surface area (Å²) in [6.45, 7) is 5.00. The molecule has 0 aliphatic carbocycles. The third kappa shape index (κ3) is 67.6. The summed E-state index contributed by atoms with van der Waals surface area (Å²) < 4.78 is 5.50. The predicted octanol–water partition coefficient (Wildman–Crippen LogP) is 24.3. The van der Waals surface area contributed by atoms with Crippen LogP contribution in [0.5, 0.6) is 0 Å². The second-order valence-electron chi connectivity index (χ2n) is 26.0. The number of allylic oxidation sites excluding steroid dienone is 2. The molecule has 0 aliphatic heterocycles. The highest BCUT2D eigenvalue weighted by Gasteiger charge is 2.20. The lowest BCUT2D eigenvalue weighted by atomic mass is 10.0. The van der Waals surface area contributed by atoms with Gasteiger partial charge in [-0.3, -0.25) is 9.59 Å². The topological polar surface area (TPSA) is 95.9 Å². The number of esters is 1. The Bertz CT molecular complexity index is 1220. The number of amides is 1. The summed E-state index contributed by atoms with van der Waals surface area (Å²) in [6.07, 6.45) is 88.4. The number of carbonyl (C=O) groups is 2. The largest absolute Gasteiger partial charge is 0.466 e. The van der Waals surface area contributed by atoms with Crippen molar-refractivity contribution in [1.29, 1.82) is 0 Å². The van der Waals surface area contributed by atoms with Crippen molar-refractivity contribution in [2.24, 2.45) is 0 Å². The molecule has 0 saturated heterocycles. The van der Waals surface area contributed by atoms with Gasteiger partial charge in [0.1, 0.15) is 0 Å². The Morgan fingerprint density at radius 1 is 0.333 bits per heavy atom. The van der Waals surface area contributed by atoms with Gasteiger partial charge in [-0.25, -0.2) is 0 Å². The number of nitrogens with one attached hydrogen (secondary N) is 1. The van der Waals surface area contributed by atoms with Crippen molar-refractivity contribution < 1.29 is 24.5 Å². The Balaban J connectivity index is 3.39. The van der Waals surface area contributed by atoms with E-state index in [0.717, 1.165) is 38.5 Å². The minimum Gasteiger partial charge on any atom is -0.466 e. The van der Waals surface area contributed by atoms with Crippen molar-refractivity contribution in [2.75, 3.05) is 13.2 Å². The monoisotopic (exact) mass is 1140 g/mol. The first-order valence-corrected chi connectivity index (χ1v) is 37.4. The zero-order valence-electron chi connectivity index (χ0n) is 55.3. The first kappa shape index (κ1) is 79.6. The molecule has 0 heterocycles. The molecule has 0 saturated carbocycles. The van der Waals surface area contributed by atoms with E-state index in [1.54, 1.807) is 0 Å². The number of unbranched alkanes of at least 4 members (excludes halogenated alkanes) is 58. The molecule has 0 aliphatic rings. The Morgan fingerprint density at radius 2 is 0.580 bits per heavy atom. The average Bonchev–Trinajstić information content (AvgIpc) is 3.47. The lowest BCUT2D eigenvalue weighted by molar-refractivity contribution is -0.143. The molecule has 0 fully saturated rings. The quantitative estimate of drug-likeness (QED) is 0.0320. The van der Waals surface area contributed by atoms with Crippen molar-refractivity contribution >= 4 is 11.9 Å². The number of aliphatic hydroxyl groups is 2. The maximum Gasteiger partial charge on any atom is 0.305 e. The number of aliphatic hydroxyl groups excluding tert-OH is 2. The van der Waals surface area contributed by atoms with Gasteiger partial charge < -0.3 is 20.3 Å². The molecular weight excluding hydrogens is 995 g/mol. The Labute approximate surface area is 508 Å². The van der Waals surface area contributed by atoms with Gasteiger partial charge in [-0.2, -0.15) is 0 Å². The van der Waals surface area contributed by atoms with Crippen LogP contribution in [0.2, 0.25) is 0 Å². The van der Waals surface area contributed by atoms with Gasteiger partial charge in [-0.05, 0) is 51.4 Å². The smallest absolute Gasteiger partial charge is 0.305 e. The first-order valence-electron chi connectivity index (χ1n) is 37.4. The molecule has 0 rings (SSSR count). The normalized spacial score (nSPS) is 12.5. The third-order valence-electron chi connectivity index (χ3n) is 17.8. The summed E-state index contributed by atoms with van der Waals surface area (Å²) in [4.78, 5) is 24.7. The van der Waals surface area contributed by atoms with Crippen molar-refractivity contribution in [3.63, 3.8) is 0 Å². The molecule has 0 aromatic rings. The molecule has 0 aromatic heterocycles. The van der Waals surface area contributed by atoms with Gasteiger partial charge in [0.15, 0.2) is 0 Å². The maximum absolute atomic E-state index is 12.6. The summed E-state index contributed by atoms with van der Waals surface area (Å²) in [5, 5.41) is 23.5. The molecule has 0 aromatic carbocycles. The van der Waals surface area contributed by atoms with Gasteiger partial charge in [-0.15, -0.1) is 0 Å². The van der Waals surface area contributed by atoms with Gasteiger partial charge in [-0.1, -0.05) is 379 Å². The van der Waals surface area contributed by atoms with Crippen LogP contribution in [-0.2, 0) is 14.3 Å². The van der Waals surface area contributed by atoms with Crippen LogP contribution in [0.3, 0.4) is 0 Å². The van der Waals surface area contributed by atoms with Gasteiger partial charge in [0.2, 0.25) is 5.91 Å².